The van der Waals surface area contributed by atoms with Gasteiger partial charge in [0.25, 0.3) is 0 Å². The summed E-state index contributed by atoms with van der Waals surface area (Å²) in [6.45, 7) is 4.97. The second-order valence-electron chi connectivity index (χ2n) is 9.08. The van der Waals surface area contributed by atoms with Crippen molar-refractivity contribution in [2.75, 3.05) is 23.5 Å². The molecule has 0 amide bonds. The van der Waals surface area contributed by atoms with E-state index in [-0.39, 0.29) is 5.75 Å². The number of hydrogen-bond donors (Lipinski definition) is 4. The number of aliphatic carboxylic acids is 1. The third-order valence-corrected chi connectivity index (χ3v) is 9.79. The van der Waals surface area contributed by atoms with E-state index in [0.29, 0.717) is 17.2 Å². The first-order valence-electron chi connectivity index (χ1n) is 12.2. The van der Waals surface area contributed by atoms with E-state index in [1.807, 2.05) is 30.5 Å². The summed E-state index contributed by atoms with van der Waals surface area (Å²) in [4.78, 5) is 14.8. The van der Waals surface area contributed by atoms with Gasteiger partial charge < -0.3 is 10.0 Å². The maximum Gasteiger partial charge on any atom is 0.313 e. The van der Waals surface area contributed by atoms with Gasteiger partial charge in [0.15, 0.2) is 0 Å². The maximum absolute atomic E-state index is 11.6. The molecule has 0 aliphatic carbocycles. The number of unbranched alkanes of at least 4 members (excludes halogenated alkanes) is 2. The Morgan fingerprint density at radius 2 is 1.77 bits per heavy atom. The number of carbonyl (C=O) groups is 1. The fraction of sp³-hybridized carbons (Fsp3) is 0.500. The van der Waals surface area contributed by atoms with Crippen molar-refractivity contribution in [3.8, 4) is 0 Å². The van der Waals surface area contributed by atoms with Gasteiger partial charge in [-0.1, -0.05) is 57.7 Å². The highest BCUT2D eigenvalue weighted by Crippen LogP contribution is 2.56. The first kappa shape index (κ1) is 28.2. The Balaban J connectivity index is 2.16. The highest BCUT2D eigenvalue weighted by atomic mass is 32.3. The molecule has 6 nitrogen and oxygen atoms in total. The summed E-state index contributed by atoms with van der Waals surface area (Å²) in [7, 11) is -3.30. The van der Waals surface area contributed by atoms with E-state index in [2.05, 4.69) is 41.7 Å². The van der Waals surface area contributed by atoms with Crippen molar-refractivity contribution in [1.82, 2.24) is 4.72 Å². The van der Waals surface area contributed by atoms with Crippen LogP contribution in [0.1, 0.15) is 57.9 Å². The van der Waals surface area contributed by atoms with Crippen LogP contribution in [0, 0.1) is 0 Å². The molecule has 9 heteroatoms. The molecule has 0 spiro atoms. The number of hydrogen-bond acceptors (Lipinski definition) is 7. The van der Waals surface area contributed by atoms with Gasteiger partial charge in [-0.2, -0.15) is 0 Å². The lowest BCUT2D eigenvalue weighted by Crippen LogP contribution is -2.51. The lowest BCUT2D eigenvalue weighted by Gasteiger charge is -2.43. The fourth-order valence-electron chi connectivity index (χ4n) is 4.61. The molecular weight excluding hydrogens is 500 g/mol. The predicted molar refractivity (Wildman–Crippen MR) is 152 cm³/mol. The van der Waals surface area contributed by atoms with E-state index in [9.17, 15) is 13.9 Å². The fourth-order valence-corrected chi connectivity index (χ4v) is 7.81. The van der Waals surface area contributed by atoms with Crippen LogP contribution in [-0.4, -0.2) is 44.3 Å². The molecule has 0 atom stereocenters. The molecule has 0 saturated heterocycles. The van der Waals surface area contributed by atoms with Crippen molar-refractivity contribution in [2.45, 2.75) is 73.5 Å². The van der Waals surface area contributed by atoms with Gasteiger partial charge in [-0.3, -0.25) is 13.9 Å². The van der Waals surface area contributed by atoms with E-state index in [1.165, 1.54) is 11.8 Å². The van der Waals surface area contributed by atoms with Crippen LogP contribution in [0.3, 0.4) is 0 Å². The number of carboxylic acids is 1. The predicted octanol–water partition coefficient (Wildman–Crippen LogP) is 7.61. The molecule has 3 rings (SSSR count). The summed E-state index contributed by atoms with van der Waals surface area (Å²) in [5.41, 5.74) is 2.30. The van der Waals surface area contributed by atoms with Gasteiger partial charge >= 0.3 is 5.97 Å². The quantitative estimate of drug-likeness (QED) is 0.205. The zero-order valence-electron chi connectivity index (χ0n) is 20.8. The van der Waals surface area contributed by atoms with Crippen LogP contribution in [0.5, 0.6) is 0 Å². The van der Waals surface area contributed by atoms with E-state index in [4.69, 9.17) is 5.11 Å². The number of benzene rings is 2. The number of thioether (sulfide) groups is 2. The minimum Gasteiger partial charge on any atom is -0.481 e. The summed E-state index contributed by atoms with van der Waals surface area (Å²) < 4.78 is 26.6. The Morgan fingerprint density at radius 1 is 1.11 bits per heavy atom. The number of nitrogens with one attached hydrogen (secondary N) is 1. The molecular formula is C26H38N2O4S3. The molecule has 1 aliphatic heterocycles. The molecule has 1 aliphatic rings. The highest BCUT2D eigenvalue weighted by molar-refractivity contribution is 8.22. The molecule has 0 bridgehead atoms. The average Bonchev–Trinajstić information content (AvgIpc) is 2.93. The van der Waals surface area contributed by atoms with Crippen molar-refractivity contribution in [3.63, 3.8) is 0 Å². The van der Waals surface area contributed by atoms with E-state index in [1.54, 1.807) is 11.8 Å². The normalized spacial score (nSPS) is 17.5. The molecule has 0 unspecified atom stereocenters. The Morgan fingerprint density at radius 3 is 2.34 bits per heavy atom. The summed E-state index contributed by atoms with van der Waals surface area (Å²) in [5, 5.41) is 9.07. The number of fused-ring (bicyclic) bond motifs is 1. The van der Waals surface area contributed by atoms with Gasteiger partial charge in [0.2, 0.25) is 0 Å². The number of para-hydroxylation sites is 1. The topological polar surface area (TPSA) is 93.0 Å². The van der Waals surface area contributed by atoms with Crippen LogP contribution in [0.4, 0.5) is 11.4 Å². The van der Waals surface area contributed by atoms with Gasteiger partial charge in [-0.15, -0.1) is 34.3 Å². The Hall–Kier alpha value is -1.36. The number of anilines is 2. The van der Waals surface area contributed by atoms with E-state index < -0.39 is 22.3 Å². The molecule has 2 aromatic rings. The molecule has 194 valence electrons. The van der Waals surface area contributed by atoms with Gasteiger partial charge in [0.05, 0.1) is 21.9 Å². The Kier molecular flexibility index (Phi) is 10.3. The minimum absolute atomic E-state index is 0.00664. The van der Waals surface area contributed by atoms with Crippen molar-refractivity contribution in [2.24, 2.45) is 0 Å². The molecule has 35 heavy (non-hydrogen) atoms. The van der Waals surface area contributed by atoms with Crippen molar-refractivity contribution >= 4 is 51.6 Å². The summed E-state index contributed by atoms with van der Waals surface area (Å²) in [6, 6.07) is 14.1. The van der Waals surface area contributed by atoms with E-state index >= 15 is 0 Å². The van der Waals surface area contributed by atoms with Crippen LogP contribution in [0.25, 0.3) is 0 Å². The summed E-state index contributed by atoms with van der Waals surface area (Å²) >= 11 is 2.92. The zero-order valence-corrected chi connectivity index (χ0v) is 23.3. The third-order valence-electron chi connectivity index (χ3n) is 6.35. The van der Waals surface area contributed by atoms with Gasteiger partial charge in [0.1, 0.15) is 0 Å². The van der Waals surface area contributed by atoms with Gasteiger partial charge in [-0.25, -0.2) is 4.72 Å². The second-order valence-corrected chi connectivity index (χ2v) is 12.7. The van der Waals surface area contributed by atoms with Crippen LogP contribution in [0.2, 0.25) is 0 Å². The van der Waals surface area contributed by atoms with Crippen LogP contribution in [0.15, 0.2) is 52.3 Å². The standard InChI is InChI=1S/C26H38N2O4S3/c1-4-6-13-26(14-7-5-2)19-28(21-11-9-8-10-12-21)22-16-23(33-3)20(17-34-18-25(29)30)15-24(22)35(31,32)27-26/h8-12,15-16,27,31-32H,4-7,13-14,17-19H2,1-3H3,(H,29,30). The zero-order chi connectivity index (χ0) is 25.5. The van der Waals surface area contributed by atoms with Crippen LogP contribution >= 0.6 is 34.3 Å². The molecule has 0 radical (unpaired) electrons. The summed E-state index contributed by atoms with van der Waals surface area (Å²) in [6.07, 6.45) is 7.78. The van der Waals surface area contributed by atoms with E-state index in [0.717, 1.165) is 60.4 Å². The largest absolute Gasteiger partial charge is 0.481 e. The Bertz CT molecular complexity index is 980. The Labute approximate surface area is 219 Å². The van der Waals surface area contributed by atoms with Gasteiger partial charge in [-0.05, 0) is 48.9 Å². The molecule has 4 N–H and O–H groups in total. The monoisotopic (exact) mass is 538 g/mol. The second kappa shape index (κ2) is 12.7. The smallest absolute Gasteiger partial charge is 0.313 e. The summed E-state index contributed by atoms with van der Waals surface area (Å²) in [5.74, 6) is -0.353. The van der Waals surface area contributed by atoms with Crippen LogP contribution in [-0.2, 0) is 10.5 Å². The third kappa shape index (κ3) is 7.11. The first-order chi connectivity index (χ1) is 16.7. The average molecular weight is 539 g/mol. The van der Waals surface area contributed by atoms with Crippen LogP contribution < -0.4 is 9.62 Å². The lowest BCUT2D eigenvalue weighted by atomic mass is 9.87. The molecule has 0 aromatic heterocycles. The molecule has 0 saturated carbocycles. The first-order valence-corrected chi connectivity index (χ1v) is 16.1. The molecule has 2 aromatic carbocycles. The maximum atomic E-state index is 11.6. The minimum atomic E-state index is -3.30. The lowest BCUT2D eigenvalue weighted by molar-refractivity contribution is -0.133. The number of rotatable bonds is 12. The van der Waals surface area contributed by atoms with Crippen molar-refractivity contribution in [3.05, 3.63) is 48.0 Å². The van der Waals surface area contributed by atoms with Crippen molar-refractivity contribution in [1.29, 1.82) is 0 Å². The number of carboxylic acid groups (broad SMARTS) is 1. The van der Waals surface area contributed by atoms with Crippen molar-refractivity contribution < 1.29 is 19.0 Å². The highest BCUT2D eigenvalue weighted by Gasteiger charge is 2.42. The molecule has 1 heterocycles. The molecule has 0 fully saturated rings. The van der Waals surface area contributed by atoms with Gasteiger partial charge in [0, 0.05) is 22.9 Å². The SMILES string of the molecule is CCCCC1(CCCC)CN(c2ccccc2)c2cc(SC)c(CSCC(=O)O)cc2S(O)(O)N1. The number of nitrogens with zero attached hydrogens (tertiary/aromatic N) is 1.